The number of carbonyl (C=O) groups is 1. The van der Waals surface area contributed by atoms with Crippen LogP contribution in [0.1, 0.15) is 10.5 Å². The van der Waals surface area contributed by atoms with Crippen LogP contribution in [0, 0.1) is 0 Å². The summed E-state index contributed by atoms with van der Waals surface area (Å²) < 4.78 is 26.2. The fourth-order valence-corrected chi connectivity index (χ4v) is 3.27. The van der Waals surface area contributed by atoms with Gasteiger partial charge in [0.2, 0.25) is 5.75 Å². The van der Waals surface area contributed by atoms with Gasteiger partial charge >= 0.3 is 0 Å². The van der Waals surface area contributed by atoms with E-state index in [0.29, 0.717) is 28.7 Å². The number of para-hydroxylation sites is 1. The molecule has 2 heterocycles. The lowest BCUT2D eigenvalue weighted by Gasteiger charge is -2.13. The standard InChI is InChI=1S/C23H22BrN5O5/c1-31-20-4-3-5-21(32-2)22(20)34-14-28-11-10-19(27-28)23(30)26-17-12-25-29(13-17)15-33-18-8-6-16(24)7-9-18/h3-13H,14-15H2,1-2H3,(H,26,30). The summed E-state index contributed by atoms with van der Waals surface area (Å²) >= 11 is 3.38. The third-order valence-electron chi connectivity index (χ3n) is 4.67. The molecule has 0 radical (unpaired) electrons. The van der Waals surface area contributed by atoms with Gasteiger partial charge in [-0.05, 0) is 42.5 Å². The van der Waals surface area contributed by atoms with Gasteiger partial charge in [-0.3, -0.25) is 4.79 Å². The van der Waals surface area contributed by atoms with Gasteiger partial charge in [0.1, 0.15) is 5.75 Å². The summed E-state index contributed by atoms with van der Waals surface area (Å²) in [4.78, 5) is 12.6. The summed E-state index contributed by atoms with van der Waals surface area (Å²) in [5.41, 5.74) is 0.753. The van der Waals surface area contributed by atoms with E-state index in [9.17, 15) is 4.79 Å². The lowest BCUT2D eigenvalue weighted by atomic mass is 10.3. The van der Waals surface area contributed by atoms with Crippen LogP contribution in [0.5, 0.6) is 23.0 Å². The fourth-order valence-electron chi connectivity index (χ4n) is 3.01. The average molecular weight is 528 g/mol. The zero-order chi connectivity index (χ0) is 23.9. The second-order valence-corrected chi connectivity index (χ2v) is 7.87. The van der Waals surface area contributed by atoms with Crippen molar-refractivity contribution in [3.05, 3.63) is 77.3 Å². The zero-order valence-electron chi connectivity index (χ0n) is 18.5. The molecule has 2 aromatic heterocycles. The molecule has 10 nitrogen and oxygen atoms in total. The van der Waals surface area contributed by atoms with Crippen LogP contribution in [0.25, 0.3) is 0 Å². The van der Waals surface area contributed by atoms with Crippen LogP contribution in [-0.2, 0) is 13.5 Å². The Hall–Kier alpha value is -3.99. The number of amides is 1. The van der Waals surface area contributed by atoms with Crippen molar-refractivity contribution in [3.8, 4) is 23.0 Å². The molecule has 1 amide bonds. The van der Waals surface area contributed by atoms with Crippen LogP contribution >= 0.6 is 15.9 Å². The van der Waals surface area contributed by atoms with E-state index in [0.717, 1.165) is 4.47 Å². The first-order chi connectivity index (χ1) is 16.6. The zero-order valence-corrected chi connectivity index (χ0v) is 20.1. The predicted molar refractivity (Wildman–Crippen MR) is 127 cm³/mol. The molecule has 0 saturated carbocycles. The molecule has 4 rings (SSSR count). The molecule has 11 heteroatoms. The van der Waals surface area contributed by atoms with Gasteiger partial charge in [0.05, 0.1) is 32.3 Å². The van der Waals surface area contributed by atoms with Crippen molar-refractivity contribution in [2.45, 2.75) is 13.5 Å². The number of carbonyl (C=O) groups excluding carboxylic acids is 1. The van der Waals surface area contributed by atoms with Crippen LogP contribution < -0.4 is 24.3 Å². The van der Waals surface area contributed by atoms with Crippen molar-refractivity contribution >= 4 is 27.5 Å². The number of anilines is 1. The van der Waals surface area contributed by atoms with Crippen LogP contribution in [0.4, 0.5) is 5.69 Å². The molecule has 1 N–H and O–H groups in total. The lowest BCUT2D eigenvalue weighted by Crippen LogP contribution is -2.14. The van der Waals surface area contributed by atoms with Gasteiger partial charge in [0.15, 0.2) is 30.7 Å². The highest BCUT2D eigenvalue weighted by Crippen LogP contribution is 2.36. The molecule has 0 saturated heterocycles. The summed E-state index contributed by atoms with van der Waals surface area (Å²) in [6.07, 6.45) is 4.86. The monoisotopic (exact) mass is 527 g/mol. The van der Waals surface area contributed by atoms with Crippen LogP contribution in [0.15, 0.2) is 71.6 Å². The normalized spacial score (nSPS) is 10.6. The van der Waals surface area contributed by atoms with E-state index in [4.69, 9.17) is 18.9 Å². The van der Waals surface area contributed by atoms with Gasteiger partial charge in [0, 0.05) is 10.7 Å². The Morgan fingerprint density at radius 2 is 1.68 bits per heavy atom. The molecule has 34 heavy (non-hydrogen) atoms. The minimum Gasteiger partial charge on any atom is -0.493 e. The first kappa shape index (κ1) is 23.2. The number of hydrogen-bond acceptors (Lipinski definition) is 7. The van der Waals surface area contributed by atoms with Crippen molar-refractivity contribution in [1.82, 2.24) is 19.6 Å². The maximum absolute atomic E-state index is 12.6. The van der Waals surface area contributed by atoms with E-state index in [2.05, 4.69) is 31.4 Å². The van der Waals surface area contributed by atoms with E-state index in [-0.39, 0.29) is 25.1 Å². The molecule has 0 unspecified atom stereocenters. The summed E-state index contributed by atoms with van der Waals surface area (Å²) in [5, 5.41) is 11.2. The number of ether oxygens (including phenoxy) is 4. The molecule has 0 aliphatic carbocycles. The summed E-state index contributed by atoms with van der Waals surface area (Å²) in [6, 6.07) is 14.4. The topological polar surface area (TPSA) is 102 Å². The number of halogens is 1. The van der Waals surface area contributed by atoms with Gasteiger partial charge in [-0.25, -0.2) is 9.36 Å². The van der Waals surface area contributed by atoms with Crippen molar-refractivity contribution < 1.29 is 23.7 Å². The molecule has 4 aromatic rings. The highest BCUT2D eigenvalue weighted by atomic mass is 79.9. The molecule has 0 bridgehead atoms. The summed E-state index contributed by atoms with van der Waals surface area (Å²) in [5.74, 6) is 1.85. The number of hydrogen-bond donors (Lipinski definition) is 1. The molecule has 0 aliphatic rings. The Bertz CT molecular complexity index is 1230. The van der Waals surface area contributed by atoms with Gasteiger partial charge in [-0.2, -0.15) is 10.2 Å². The molecule has 0 atom stereocenters. The largest absolute Gasteiger partial charge is 0.493 e. The van der Waals surface area contributed by atoms with E-state index >= 15 is 0 Å². The second-order valence-electron chi connectivity index (χ2n) is 6.96. The van der Waals surface area contributed by atoms with Crippen molar-refractivity contribution in [2.75, 3.05) is 19.5 Å². The van der Waals surface area contributed by atoms with Crippen molar-refractivity contribution in [3.63, 3.8) is 0 Å². The molecule has 0 spiro atoms. The molecule has 0 aliphatic heterocycles. The minimum atomic E-state index is -0.373. The molecule has 2 aromatic carbocycles. The fraction of sp³-hybridized carbons (Fsp3) is 0.174. The Kier molecular flexibility index (Phi) is 7.33. The highest BCUT2D eigenvalue weighted by molar-refractivity contribution is 9.10. The van der Waals surface area contributed by atoms with Crippen LogP contribution in [-0.4, -0.2) is 39.7 Å². The number of benzene rings is 2. The Morgan fingerprint density at radius 3 is 2.38 bits per heavy atom. The van der Waals surface area contributed by atoms with Gasteiger partial charge < -0.3 is 24.3 Å². The molecular weight excluding hydrogens is 506 g/mol. The van der Waals surface area contributed by atoms with Crippen molar-refractivity contribution in [1.29, 1.82) is 0 Å². The SMILES string of the molecule is COc1cccc(OC)c1OCn1ccc(C(=O)Nc2cnn(COc3ccc(Br)cc3)c2)n1. The van der Waals surface area contributed by atoms with Gasteiger partial charge in [-0.1, -0.05) is 22.0 Å². The number of nitrogens with one attached hydrogen (secondary N) is 1. The van der Waals surface area contributed by atoms with E-state index in [1.54, 1.807) is 55.6 Å². The quantitative estimate of drug-likeness (QED) is 0.330. The maximum atomic E-state index is 12.6. The molecule has 0 fully saturated rings. The predicted octanol–water partition coefficient (Wildman–Crippen LogP) is 4.18. The highest BCUT2D eigenvalue weighted by Gasteiger charge is 2.14. The van der Waals surface area contributed by atoms with E-state index in [1.165, 1.54) is 10.9 Å². The summed E-state index contributed by atoms with van der Waals surface area (Å²) in [6.45, 7) is 0.269. The summed E-state index contributed by atoms with van der Waals surface area (Å²) in [7, 11) is 3.10. The number of aromatic nitrogens is 4. The Morgan fingerprint density at radius 1 is 0.971 bits per heavy atom. The third kappa shape index (κ3) is 5.67. The van der Waals surface area contributed by atoms with Crippen molar-refractivity contribution in [2.24, 2.45) is 0 Å². The Balaban J connectivity index is 1.32. The second kappa shape index (κ2) is 10.8. The van der Waals surface area contributed by atoms with Crippen LogP contribution in [0.2, 0.25) is 0 Å². The smallest absolute Gasteiger partial charge is 0.276 e. The molecule has 176 valence electrons. The third-order valence-corrected chi connectivity index (χ3v) is 5.19. The lowest BCUT2D eigenvalue weighted by molar-refractivity contribution is 0.102. The maximum Gasteiger partial charge on any atom is 0.276 e. The number of nitrogens with zero attached hydrogens (tertiary/aromatic N) is 4. The van der Waals surface area contributed by atoms with E-state index < -0.39 is 0 Å². The Labute approximate surface area is 204 Å². The van der Waals surface area contributed by atoms with E-state index in [1.807, 2.05) is 24.3 Å². The average Bonchev–Trinajstić information content (AvgIpc) is 3.51. The first-order valence-corrected chi connectivity index (χ1v) is 10.9. The van der Waals surface area contributed by atoms with Crippen LogP contribution in [0.3, 0.4) is 0 Å². The minimum absolute atomic E-state index is 0.0648. The number of rotatable bonds is 10. The molecular formula is C23H22BrN5O5. The first-order valence-electron chi connectivity index (χ1n) is 10.1. The van der Waals surface area contributed by atoms with Gasteiger partial charge in [0.25, 0.3) is 5.91 Å². The van der Waals surface area contributed by atoms with Gasteiger partial charge in [-0.15, -0.1) is 0 Å². The number of methoxy groups -OCH3 is 2.